The molecule has 0 aliphatic rings. The highest BCUT2D eigenvalue weighted by atomic mass is 32.1. The van der Waals surface area contributed by atoms with Crippen molar-refractivity contribution in [3.8, 4) is 17.0 Å². The zero-order valence-corrected chi connectivity index (χ0v) is 10.7. The SMILES string of the molecule is CNc1nc(-c2ccc(OC(F)F)cc2)c(C)s1. The van der Waals surface area contributed by atoms with E-state index < -0.39 is 6.61 Å². The average molecular weight is 270 g/mol. The minimum atomic E-state index is -2.80. The Labute approximate surface area is 107 Å². The number of ether oxygens (including phenoxy) is 1. The fourth-order valence-electron chi connectivity index (χ4n) is 1.57. The first kappa shape index (κ1) is 12.8. The second kappa shape index (κ2) is 5.30. The summed E-state index contributed by atoms with van der Waals surface area (Å²) in [5, 5.41) is 3.81. The van der Waals surface area contributed by atoms with Crippen LogP contribution in [0.25, 0.3) is 11.3 Å². The summed E-state index contributed by atoms with van der Waals surface area (Å²) >= 11 is 1.55. The number of anilines is 1. The van der Waals surface area contributed by atoms with Crippen molar-refractivity contribution in [1.29, 1.82) is 0 Å². The van der Waals surface area contributed by atoms with Gasteiger partial charge in [0.2, 0.25) is 0 Å². The summed E-state index contributed by atoms with van der Waals surface area (Å²) in [6, 6.07) is 6.47. The molecule has 3 nitrogen and oxygen atoms in total. The van der Waals surface area contributed by atoms with Crippen molar-refractivity contribution >= 4 is 16.5 Å². The highest BCUT2D eigenvalue weighted by Gasteiger charge is 2.10. The molecule has 0 aliphatic heterocycles. The van der Waals surface area contributed by atoms with Crippen molar-refractivity contribution in [3.63, 3.8) is 0 Å². The van der Waals surface area contributed by atoms with E-state index in [9.17, 15) is 8.78 Å². The van der Waals surface area contributed by atoms with Gasteiger partial charge in [-0.3, -0.25) is 0 Å². The summed E-state index contributed by atoms with van der Waals surface area (Å²) in [5.74, 6) is 0.149. The van der Waals surface area contributed by atoms with E-state index in [2.05, 4.69) is 15.0 Å². The Bertz CT molecular complexity index is 525. The zero-order valence-electron chi connectivity index (χ0n) is 9.91. The lowest BCUT2D eigenvalue weighted by Gasteiger charge is -2.05. The smallest absolute Gasteiger partial charge is 0.387 e. The number of nitrogens with one attached hydrogen (secondary N) is 1. The molecular formula is C12H12F2N2OS. The second-order valence-corrected chi connectivity index (χ2v) is 4.78. The summed E-state index contributed by atoms with van der Waals surface area (Å²) in [6.07, 6.45) is 0. The maximum Gasteiger partial charge on any atom is 0.387 e. The van der Waals surface area contributed by atoms with Gasteiger partial charge in [0.1, 0.15) is 5.75 Å². The number of aryl methyl sites for hydroxylation is 1. The van der Waals surface area contributed by atoms with Crippen molar-refractivity contribution in [1.82, 2.24) is 4.98 Å². The lowest BCUT2D eigenvalue weighted by molar-refractivity contribution is -0.0498. The van der Waals surface area contributed by atoms with Gasteiger partial charge in [0.05, 0.1) is 5.69 Å². The molecule has 0 fully saturated rings. The Morgan fingerprint density at radius 3 is 2.44 bits per heavy atom. The van der Waals surface area contributed by atoms with Gasteiger partial charge in [-0.1, -0.05) is 0 Å². The number of alkyl halides is 2. The van der Waals surface area contributed by atoms with Gasteiger partial charge in [0, 0.05) is 17.5 Å². The largest absolute Gasteiger partial charge is 0.435 e. The molecule has 0 unspecified atom stereocenters. The number of hydrogen-bond donors (Lipinski definition) is 1. The number of benzene rings is 1. The van der Waals surface area contributed by atoms with Crippen LogP contribution in [0.2, 0.25) is 0 Å². The molecule has 18 heavy (non-hydrogen) atoms. The van der Waals surface area contributed by atoms with E-state index in [1.807, 2.05) is 14.0 Å². The molecule has 0 aliphatic carbocycles. The monoisotopic (exact) mass is 270 g/mol. The lowest BCUT2D eigenvalue weighted by Crippen LogP contribution is -2.01. The molecule has 1 aromatic heterocycles. The topological polar surface area (TPSA) is 34.2 Å². The number of hydrogen-bond acceptors (Lipinski definition) is 4. The quantitative estimate of drug-likeness (QED) is 0.918. The van der Waals surface area contributed by atoms with E-state index in [-0.39, 0.29) is 5.75 Å². The first-order chi connectivity index (χ1) is 8.60. The Hall–Kier alpha value is -1.69. The normalized spacial score (nSPS) is 10.7. The molecule has 1 aromatic carbocycles. The zero-order chi connectivity index (χ0) is 13.1. The Morgan fingerprint density at radius 1 is 1.28 bits per heavy atom. The molecule has 1 heterocycles. The highest BCUT2D eigenvalue weighted by molar-refractivity contribution is 7.15. The second-order valence-electron chi connectivity index (χ2n) is 3.58. The molecule has 0 atom stereocenters. The van der Waals surface area contributed by atoms with Crippen molar-refractivity contribution in [2.75, 3.05) is 12.4 Å². The van der Waals surface area contributed by atoms with Gasteiger partial charge >= 0.3 is 6.61 Å². The maximum atomic E-state index is 12.0. The van der Waals surface area contributed by atoms with E-state index >= 15 is 0 Å². The molecule has 0 radical (unpaired) electrons. The minimum Gasteiger partial charge on any atom is -0.435 e. The third-order valence-electron chi connectivity index (χ3n) is 2.36. The molecule has 0 saturated heterocycles. The maximum absolute atomic E-state index is 12.0. The molecule has 1 N–H and O–H groups in total. The molecule has 0 amide bonds. The predicted molar refractivity (Wildman–Crippen MR) is 68.5 cm³/mol. The fraction of sp³-hybridized carbons (Fsp3) is 0.250. The number of halogens is 2. The summed E-state index contributed by atoms with van der Waals surface area (Å²) in [4.78, 5) is 5.48. The van der Waals surface area contributed by atoms with E-state index in [1.54, 1.807) is 23.5 Å². The molecule has 6 heteroatoms. The molecule has 0 spiro atoms. The van der Waals surface area contributed by atoms with Crippen LogP contribution in [0.15, 0.2) is 24.3 Å². The molecule has 0 bridgehead atoms. The highest BCUT2D eigenvalue weighted by Crippen LogP contribution is 2.31. The van der Waals surface area contributed by atoms with Gasteiger partial charge in [-0.2, -0.15) is 8.78 Å². The van der Waals surface area contributed by atoms with Crippen LogP contribution in [0.3, 0.4) is 0 Å². The number of rotatable bonds is 4. The van der Waals surface area contributed by atoms with Crippen LogP contribution in [0.4, 0.5) is 13.9 Å². The Balaban J connectivity index is 2.25. The minimum absolute atomic E-state index is 0.149. The van der Waals surface area contributed by atoms with Gasteiger partial charge < -0.3 is 10.1 Å². The van der Waals surface area contributed by atoms with E-state index in [0.717, 1.165) is 21.3 Å². The average Bonchev–Trinajstić information content (AvgIpc) is 2.71. The van der Waals surface area contributed by atoms with Crippen LogP contribution in [0, 0.1) is 6.92 Å². The molecule has 2 rings (SSSR count). The van der Waals surface area contributed by atoms with Crippen LogP contribution in [0.1, 0.15) is 4.88 Å². The molecule has 96 valence electrons. The standard InChI is InChI=1S/C12H12F2N2OS/c1-7-10(16-12(15-2)18-7)8-3-5-9(6-4-8)17-11(13)14/h3-6,11H,1-2H3,(H,15,16). The number of thiazole rings is 1. The number of aromatic nitrogens is 1. The molecule has 2 aromatic rings. The number of nitrogens with zero attached hydrogens (tertiary/aromatic N) is 1. The van der Waals surface area contributed by atoms with Crippen molar-refractivity contribution in [3.05, 3.63) is 29.1 Å². The van der Waals surface area contributed by atoms with Gasteiger partial charge in [-0.05, 0) is 31.2 Å². The van der Waals surface area contributed by atoms with Gasteiger partial charge in [0.15, 0.2) is 5.13 Å². The van der Waals surface area contributed by atoms with Gasteiger partial charge in [-0.25, -0.2) is 4.98 Å². The third-order valence-corrected chi connectivity index (χ3v) is 3.35. The Kier molecular flexibility index (Phi) is 3.76. The third kappa shape index (κ3) is 2.76. The molecular weight excluding hydrogens is 258 g/mol. The van der Waals surface area contributed by atoms with Crippen LogP contribution < -0.4 is 10.1 Å². The van der Waals surface area contributed by atoms with E-state index in [4.69, 9.17) is 0 Å². The van der Waals surface area contributed by atoms with Crippen LogP contribution in [0.5, 0.6) is 5.75 Å². The van der Waals surface area contributed by atoms with Crippen molar-refractivity contribution in [2.24, 2.45) is 0 Å². The lowest BCUT2D eigenvalue weighted by atomic mass is 10.1. The van der Waals surface area contributed by atoms with Crippen molar-refractivity contribution in [2.45, 2.75) is 13.5 Å². The summed E-state index contributed by atoms with van der Waals surface area (Å²) < 4.78 is 28.3. The predicted octanol–water partition coefficient (Wildman–Crippen LogP) is 3.76. The van der Waals surface area contributed by atoms with E-state index in [0.29, 0.717) is 0 Å². The van der Waals surface area contributed by atoms with Gasteiger partial charge in [-0.15, -0.1) is 11.3 Å². The summed E-state index contributed by atoms with van der Waals surface area (Å²) in [6.45, 7) is -0.829. The van der Waals surface area contributed by atoms with Crippen molar-refractivity contribution < 1.29 is 13.5 Å². The summed E-state index contributed by atoms with van der Waals surface area (Å²) in [5.41, 5.74) is 1.74. The first-order valence-electron chi connectivity index (χ1n) is 5.30. The fourth-order valence-corrected chi connectivity index (χ4v) is 2.35. The van der Waals surface area contributed by atoms with Crippen LogP contribution >= 0.6 is 11.3 Å². The molecule has 0 saturated carbocycles. The van der Waals surface area contributed by atoms with E-state index in [1.165, 1.54) is 12.1 Å². The summed E-state index contributed by atoms with van der Waals surface area (Å²) in [7, 11) is 1.81. The van der Waals surface area contributed by atoms with Crippen LogP contribution in [-0.4, -0.2) is 18.6 Å². The van der Waals surface area contributed by atoms with Crippen LogP contribution in [-0.2, 0) is 0 Å². The van der Waals surface area contributed by atoms with Gasteiger partial charge in [0.25, 0.3) is 0 Å². The first-order valence-corrected chi connectivity index (χ1v) is 6.12. The Morgan fingerprint density at radius 2 is 1.94 bits per heavy atom.